The molecule has 1 aliphatic carbocycles. The maximum atomic E-state index is 6.28. The highest BCUT2D eigenvalue weighted by molar-refractivity contribution is 4.94. The average molecular weight is 266 g/mol. The summed E-state index contributed by atoms with van der Waals surface area (Å²) >= 11 is 0. The summed E-state index contributed by atoms with van der Waals surface area (Å²) in [5.41, 5.74) is 6.68. The minimum absolute atomic E-state index is 0.398. The molecule has 1 aliphatic heterocycles. The lowest BCUT2D eigenvalue weighted by Crippen LogP contribution is -2.50. The predicted octanol–water partition coefficient (Wildman–Crippen LogP) is 3.51. The number of nitrogens with zero attached hydrogens (tertiary/aromatic N) is 1. The van der Waals surface area contributed by atoms with Crippen molar-refractivity contribution in [2.45, 2.75) is 65.8 Å². The fourth-order valence-electron chi connectivity index (χ4n) is 4.08. The quantitative estimate of drug-likeness (QED) is 0.829. The van der Waals surface area contributed by atoms with Gasteiger partial charge >= 0.3 is 0 Å². The highest BCUT2D eigenvalue weighted by Gasteiger charge is 2.41. The van der Waals surface area contributed by atoms with E-state index in [1.54, 1.807) is 0 Å². The van der Waals surface area contributed by atoms with Crippen molar-refractivity contribution in [2.75, 3.05) is 19.6 Å². The molecule has 0 radical (unpaired) electrons. The largest absolute Gasteiger partial charge is 0.327 e. The van der Waals surface area contributed by atoms with Crippen LogP contribution in [0.15, 0.2) is 0 Å². The first kappa shape index (κ1) is 15.3. The molecule has 0 aromatic carbocycles. The molecule has 112 valence electrons. The molecule has 0 bridgehead atoms. The molecule has 4 unspecified atom stereocenters. The van der Waals surface area contributed by atoms with Crippen molar-refractivity contribution in [1.82, 2.24) is 4.90 Å². The third-order valence-electron chi connectivity index (χ3n) is 6.30. The van der Waals surface area contributed by atoms with Crippen LogP contribution >= 0.6 is 0 Å². The Morgan fingerprint density at radius 2 is 1.79 bits per heavy atom. The van der Waals surface area contributed by atoms with Crippen molar-refractivity contribution in [3.05, 3.63) is 0 Å². The van der Waals surface area contributed by atoms with Gasteiger partial charge in [-0.15, -0.1) is 0 Å². The topological polar surface area (TPSA) is 29.3 Å². The van der Waals surface area contributed by atoms with Gasteiger partial charge in [0.05, 0.1) is 0 Å². The minimum atomic E-state index is 0.398. The van der Waals surface area contributed by atoms with E-state index in [0.717, 1.165) is 11.8 Å². The molecular formula is C17H34N2. The van der Waals surface area contributed by atoms with Crippen molar-refractivity contribution in [3.63, 3.8) is 0 Å². The van der Waals surface area contributed by atoms with Crippen molar-refractivity contribution in [3.8, 4) is 0 Å². The van der Waals surface area contributed by atoms with Crippen molar-refractivity contribution >= 4 is 0 Å². The van der Waals surface area contributed by atoms with E-state index in [-0.39, 0.29) is 0 Å². The van der Waals surface area contributed by atoms with E-state index in [9.17, 15) is 0 Å². The fourth-order valence-corrected chi connectivity index (χ4v) is 4.08. The minimum Gasteiger partial charge on any atom is -0.327 e. The molecule has 1 heterocycles. The van der Waals surface area contributed by atoms with Gasteiger partial charge in [0.2, 0.25) is 0 Å². The molecule has 2 N–H and O–H groups in total. The Morgan fingerprint density at radius 3 is 2.53 bits per heavy atom. The molecule has 19 heavy (non-hydrogen) atoms. The molecule has 2 rings (SSSR count). The van der Waals surface area contributed by atoms with Gasteiger partial charge in [0.15, 0.2) is 0 Å². The summed E-state index contributed by atoms with van der Waals surface area (Å²) in [7, 11) is 0. The summed E-state index contributed by atoms with van der Waals surface area (Å²) < 4.78 is 0. The van der Waals surface area contributed by atoms with E-state index in [0.29, 0.717) is 17.4 Å². The lowest BCUT2D eigenvalue weighted by molar-refractivity contribution is 0.0292. The SMILES string of the molecule is CC1CCCN(CC2CCC(N)C(C)C2(C)C)CC1. The van der Waals surface area contributed by atoms with Crippen LogP contribution in [-0.4, -0.2) is 30.6 Å². The number of rotatable bonds is 2. The molecule has 1 saturated carbocycles. The molecule has 2 nitrogen and oxygen atoms in total. The molecule has 1 saturated heterocycles. The van der Waals surface area contributed by atoms with Crippen molar-refractivity contribution < 1.29 is 0 Å². The molecule has 2 aliphatic rings. The number of likely N-dealkylation sites (tertiary alicyclic amines) is 1. The molecule has 4 atom stereocenters. The van der Waals surface area contributed by atoms with Crippen LogP contribution in [0, 0.1) is 23.2 Å². The lowest BCUT2D eigenvalue weighted by Gasteiger charge is -2.48. The molecule has 0 aromatic rings. The Kier molecular flexibility index (Phi) is 4.94. The lowest BCUT2D eigenvalue weighted by atomic mass is 9.61. The zero-order valence-electron chi connectivity index (χ0n) is 13.5. The third-order valence-corrected chi connectivity index (χ3v) is 6.30. The van der Waals surface area contributed by atoms with Gasteiger partial charge in [0.25, 0.3) is 0 Å². The van der Waals surface area contributed by atoms with Gasteiger partial charge in [-0.2, -0.15) is 0 Å². The molecular weight excluding hydrogens is 232 g/mol. The molecule has 0 amide bonds. The Bertz CT molecular complexity index is 287. The smallest absolute Gasteiger partial charge is 0.00698 e. The molecule has 0 aromatic heterocycles. The van der Waals surface area contributed by atoms with Gasteiger partial charge in [-0.1, -0.05) is 27.7 Å². The van der Waals surface area contributed by atoms with E-state index in [1.807, 2.05) is 0 Å². The Labute approximate surface area is 120 Å². The van der Waals surface area contributed by atoms with E-state index >= 15 is 0 Å². The normalized spacial score (nSPS) is 40.9. The zero-order chi connectivity index (χ0) is 14.0. The van der Waals surface area contributed by atoms with E-state index in [2.05, 4.69) is 32.6 Å². The van der Waals surface area contributed by atoms with Crippen LogP contribution in [0.25, 0.3) is 0 Å². The van der Waals surface area contributed by atoms with Gasteiger partial charge in [-0.3, -0.25) is 0 Å². The Balaban J connectivity index is 1.94. The molecule has 2 heteroatoms. The van der Waals surface area contributed by atoms with Gasteiger partial charge in [0.1, 0.15) is 0 Å². The van der Waals surface area contributed by atoms with Crippen LogP contribution < -0.4 is 5.73 Å². The maximum Gasteiger partial charge on any atom is 0.00698 e. The second kappa shape index (κ2) is 6.13. The monoisotopic (exact) mass is 266 g/mol. The standard InChI is InChI=1S/C17H34N2/c1-13-6-5-10-19(11-9-13)12-15-7-8-16(18)14(2)17(15,3)4/h13-16H,5-12,18H2,1-4H3. The molecule has 0 spiro atoms. The van der Waals surface area contributed by atoms with E-state index in [1.165, 1.54) is 51.7 Å². The number of hydrogen-bond acceptors (Lipinski definition) is 2. The summed E-state index contributed by atoms with van der Waals surface area (Å²) in [5.74, 6) is 2.41. The van der Waals surface area contributed by atoms with Gasteiger partial charge in [-0.05, 0) is 68.4 Å². The predicted molar refractivity (Wildman–Crippen MR) is 83.1 cm³/mol. The van der Waals surface area contributed by atoms with Gasteiger partial charge in [0, 0.05) is 12.6 Å². The van der Waals surface area contributed by atoms with E-state index < -0.39 is 0 Å². The van der Waals surface area contributed by atoms with Gasteiger partial charge in [-0.25, -0.2) is 0 Å². The van der Waals surface area contributed by atoms with Crippen LogP contribution in [0.5, 0.6) is 0 Å². The number of nitrogens with two attached hydrogens (primary N) is 1. The van der Waals surface area contributed by atoms with Crippen LogP contribution in [-0.2, 0) is 0 Å². The Hall–Kier alpha value is -0.0800. The van der Waals surface area contributed by atoms with E-state index in [4.69, 9.17) is 5.73 Å². The molecule has 2 fully saturated rings. The first-order chi connectivity index (χ1) is 8.91. The maximum absolute atomic E-state index is 6.28. The summed E-state index contributed by atoms with van der Waals surface area (Å²) in [5, 5.41) is 0. The third kappa shape index (κ3) is 3.52. The second-order valence-corrected chi connectivity index (χ2v) is 7.88. The Morgan fingerprint density at radius 1 is 1.05 bits per heavy atom. The summed E-state index contributed by atoms with van der Waals surface area (Å²) in [6.07, 6.45) is 6.75. The highest BCUT2D eigenvalue weighted by Crippen LogP contribution is 2.44. The summed E-state index contributed by atoms with van der Waals surface area (Å²) in [4.78, 5) is 2.74. The summed E-state index contributed by atoms with van der Waals surface area (Å²) in [6, 6.07) is 0.412. The average Bonchev–Trinajstić information content (AvgIpc) is 2.56. The van der Waals surface area contributed by atoms with Crippen LogP contribution in [0.2, 0.25) is 0 Å². The van der Waals surface area contributed by atoms with Crippen LogP contribution in [0.3, 0.4) is 0 Å². The fraction of sp³-hybridized carbons (Fsp3) is 1.00. The summed E-state index contributed by atoms with van der Waals surface area (Å²) in [6.45, 7) is 13.6. The van der Waals surface area contributed by atoms with Crippen molar-refractivity contribution in [1.29, 1.82) is 0 Å². The number of hydrogen-bond donors (Lipinski definition) is 1. The zero-order valence-corrected chi connectivity index (χ0v) is 13.5. The van der Waals surface area contributed by atoms with Crippen molar-refractivity contribution in [2.24, 2.45) is 28.9 Å². The van der Waals surface area contributed by atoms with Crippen LogP contribution in [0.1, 0.15) is 59.8 Å². The highest BCUT2D eigenvalue weighted by atomic mass is 15.1. The van der Waals surface area contributed by atoms with Crippen LogP contribution in [0.4, 0.5) is 0 Å². The first-order valence-corrected chi connectivity index (χ1v) is 8.39. The second-order valence-electron chi connectivity index (χ2n) is 7.88. The first-order valence-electron chi connectivity index (χ1n) is 8.39. The van der Waals surface area contributed by atoms with Gasteiger partial charge < -0.3 is 10.6 Å².